The van der Waals surface area contributed by atoms with Gasteiger partial charge in [0, 0.05) is 5.69 Å². The van der Waals surface area contributed by atoms with E-state index in [1.807, 2.05) is 0 Å². The molecule has 21 heavy (non-hydrogen) atoms. The lowest BCUT2D eigenvalue weighted by Crippen LogP contribution is -2.21. The van der Waals surface area contributed by atoms with E-state index in [1.165, 1.54) is 6.07 Å². The smallest absolute Gasteiger partial charge is 0.417 e. The van der Waals surface area contributed by atoms with Crippen molar-refractivity contribution in [1.82, 2.24) is 0 Å². The monoisotopic (exact) mass is 321 g/mol. The van der Waals surface area contributed by atoms with E-state index in [1.54, 1.807) is 0 Å². The van der Waals surface area contributed by atoms with Crippen LogP contribution in [0.1, 0.15) is 18.4 Å². The fraction of sp³-hybridized carbons (Fsp3) is 0.385. The Balaban J connectivity index is 1.95. The number of nitrogens with one attached hydrogen (secondary N) is 1. The first-order valence-electron chi connectivity index (χ1n) is 6.10. The molecule has 1 saturated carbocycles. The highest BCUT2D eigenvalue weighted by molar-refractivity contribution is 6.31. The number of benzene rings is 1. The predicted molar refractivity (Wildman–Crippen MR) is 68.8 cm³/mol. The van der Waals surface area contributed by atoms with Crippen molar-refractivity contribution >= 4 is 29.2 Å². The summed E-state index contributed by atoms with van der Waals surface area (Å²) < 4.78 is 42.7. The summed E-state index contributed by atoms with van der Waals surface area (Å²) in [4.78, 5) is 22.7. The second-order valence-corrected chi connectivity index (χ2v) is 5.03. The molecule has 0 aliphatic heterocycles. The molecule has 2 rings (SSSR count). The highest BCUT2D eigenvalue weighted by atomic mass is 35.5. The number of halogens is 4. The highest BCUT2D eigenvalue weighted by Gasteiger charge is 2.34. The maximum atomic E-state index is 12.6. The average Bonchev–Trinajstić information content (AvgIpc) is 3.21. The van der Waals surface area contributed by atoms with Crippen LogP contribution < -0.4 is 5.32 Å². The van der Waals surface area contributed by atoms with Gasteiger partial charge in [0.15, 0.2) is 6.61 Å². The summed E-state index contributed by atoms with van der Waals surface area (Å²) >= 11 is 5.46. The van der Waals surface area contributed by atoms with Crippen LogP contribution in [0.15, 0.2) is 18.2 Å². The summed E-state index contributed by atoms with van der Waals surface area (Å²) in [6.45, 7) is -0.528. The van der Waals surface area contributed by atoms with Gasteiger partial charge in [-0.15, -0.1) is 0 Å². The van der Waals surface area contributed by atoms with Crippen LogP contribution in [0, 0.1) is 5.92 Å². The number of anilines is 1. The van der Waals surface area contributed by atoms with Gasteiger partial charge in [0.05, 0.1) is 16.5 Å². The average molecular weight is 322 g/mol. The van der Waals surface area contributed by atoms with Gasteiger partial charge in [0.2, 0.25) is 0 Å². The SMILES string of the molecule is O=C(COC(=O)C1CC1)Nc1ccc(Cl)c(C(F)(F)F)c1. The molecule has 1 aliphatic rings. The Hall–Kier alpha value is -1.76. The number of rotatable bonds is 4. The zero-order chi connectivity index (χ0) is 15.6. The molecular weight excluding hydrogens is 311 g/mol. The molecule has 1 N–H and O–H groups in total. The van der Waals surface area contributed by atoms with Gasteiger partial charge in [-0.1, -0.05) is 11.6 Å². The molecule has 0 spiro atoms. The molecule has 0 atom stereocenters. The molecule has 0 radical (unpaired) electrons. The first-order chi connectivity index (χ1) is 9.77. The molecule has 8 heteroatoms. The van der Waals surface area contributed by atoms with Crippen molar-refractivity contribution in [3.63, 3.8) is 0 Å². The first kappa shape index (κ1) is 15.6. The number of hydrogen-bond donors (Lipinski definition) is 1. The minimum absolute atomic E-state index is 0.0702. The van der Waals surface area contributed by atoms with E-state index in [-0.39, 0.29) is 11.6 Å². The maximum absolute atomic E-state index is 12.6. The van der Waals surface area contributed by atoms with E-state index in [0.717, 1.165) is 25.0 Å². The summed E-state index contributed by atoms with van der Waals surface area (Å²) in [5, 5.41) is 1.76. The first-order valence-corrected chi connectivity index (χ1v) is 6.48. The largest absolute Gasteiger partial charge is 0.455 e. The van der Waals surface area contributed by atoms with Crippen molar-refractivity contribution in [3.05, 3.63) is 28.8 Å². The molecule has 0 bridgehead atoms. The number of ether oxygens (including phenoxy) is 1. The van der Waals surface area contributed by atoms with Crippen molar-refractivity contribution in [2.45, 2.75) is 19.0 Å². The second kappa shape index (κ2) is 5.93. The number of alkyl halides is 3. The fourth-order valence-electron chi connectivity index (χ4n) is 1.59. The normalized spacial score (nSPS) is 14.7. The Labute approximate surface area is 123 Å². The molecule has 0 heterocycles. The minimum Gasteiger partial charge on any atom is -0.455 e. The van der Waals surface area contributed by atoms with Gasteiger partial charge in [-0.25, -0.2) is 0 Å². The van der Waals surface area contributed by atoms with Crippen molar-refractivity contribution < 1.29 is 27.5 Å². The van der Waals surface area contributed by atoms with E-state index in [4.69, 9.17) is 16.3 Å². The molecule has 0 aromatic heterocycles. The molecule has 1 amide bonds. The summed E-state index contributed by atoms with van der Waals surface area (Å²) in [6.07, 6.45) is -3.13. The Morgan fingerprint density at radius 1 is 1.33 bits per heavy atom. The number of carbonyl (C=O) groups excluding carboxylic acids is 2. The predicted octanol–water partition coefficient (Wildman–Crippen LogP) is 3.25. The quantitative estimate of drug-likeness (QED) is 0.866. The maximum Gasteiger partial charge on any atom is 0.417 e. The molecule has 1 fully saturated rings. The van der Waals surface area contributed by atoms with Crippen LogP contribution in [0.3, 0.4) is 0 Å². The summed E-state index contributed by atoms with van der Waals surface area (Å²) in [7, 11) is 0. The van der Waals surface area contributed by atoms with Crippen LogP contribution in [-0.4, -0.2) is 18.5 Å². The lowest BCUT2D eigenvalue weighted by Gasteiger charge is -2.11. The van der Waals surface area contributed by atoms with Crippen molar-refractivity contribution in [2.24, 2.45) is 5.92 Å². The van der Waals surface area contributed by atoms with Crippen LogP contribution >= 0.6 is 11.6 Å². The topological polar surface area (TPSA) is 55.4 Å². The number of hydrogen-bond acceptors (Lipinski definition) is 3. The zero-order valence-electron chi connectivity index (χ0n) is 10.7. The van der Waals surface area contributed by atoms with Gasteiger partial charge < -0.3 is 10.1 Å². The minimum atomic E-state index is -4.61. The van der Waals surface area contributed by atoms with Crippen molar-refractivity contribution in [1.29, 1.82) is 0 Å². The van der Waals surface area contributed by atoms with Crippen LogP contribution in [0.5, 0.6) is 0 Å². The summed E-state index contributed by atoms with van der Waals surface area (Å²) in [5.74, 6) is -1.32. The standard InChI is InChI=1S/C13H11ClF3NO3/c14-10-4-3-8(5-9(10)13(15,16)17)18-11(19)6-21-12(20)7-1-2-7/h3-5,7H,1-2,6H2,(H,18,19). The van der Waals surface area contributed by atoms with Crippen LogP contribution in [0.4, 0.5) is 18.9 Å². The lowest BCUT2D eigenvalue weighted by atomic mass is 10.2. The Morgan fingerprint density at radius 2 is 2.00 bits per heavy atom. The van der Waals surface area contributed by atoms with Crippen molar-refractivity contribution in [2.75, 3.05) is 11.9 Å². The molecule has 114 valence electrons. The number of amides is 1. The van der Waals surface area contributed by atoms with Gasteiger partial charge in [-0.05, 0) is 31.0 Å². The summed E-state index contributed by atoms with van der Waals surface area (Å²) in [5.41, 5.74) is -1.11. The van der Waals surface area contributed by atoms with Gasteiger partial charge in [0.25, 0.3) is 5.91 Å². The Morgan fingerprint density at radius 3 is 2.57 bits per heavy atom. The van der Waals surface area contributed by atoms with Gasteiger partial charge >= 0.3 is 12.1 Å². The molecule has 0 saturated heterocycles. The Kier molecular flexibility index (Phi) is 4.41. The van der Waals surface area contributed by atoms with Crippen LogP contribution in [0.2, 0.25) is 5.02 Å². The van der Waals surface area contributed by atoms with E-state index in [9.17, 15) is 22.8 Å². The molecular formula is C13H11ClF3NO3. The molecule has 1 aromatic rings. The number of carbonyl (C=O) groups is 2. The van der Waals surface area contributed by atoms with Crippen LogP contribution in [-0.2, 0) is 20.5 Å². The van der Waals surface area contributed by atoms with E-state index < -0.39 is 35.2 Å². The molecule has 0 unspecified atom stereocenters. The lowest BCUT2D eigenvalue weighted by molar-refractivity contribution is -0.148. The van der Waals surface area contributed by atoms with Crippen LogP contribution in [0.25, 0.3) is 0 Å². The molecule has 4 nitrogen and oxygen atoms in total. The third-order valence-corrected chi connectivity index (χ3v) is 3.14. The van der Waals surface area contributed by atoms with Crippen molar-refractivity contribution in [3.8, 4) is 0 Å². The van der Waals surface area contributed by atoms with Gasteiger partial charge in [-0.2, -0.15) is 13.2 Å². The third kappa shape index (κ3) is 4.35. The zero-order valence-corrected chi connectivity index (χ0v) is 11.4. The fourth-order valence-corrected chi connectivity index (χ4v) is 1.82. The van der Waals surface area contributed by atoms with Gasteiger partial charge in [-0.3, -0.25) is 9.59 Å². The van der Waals surface area contributed by atoms with E-state index in [0.29, 0.717) is 0 Å². The summed E-state index contributed by atoms with van der Waals surface area (Å²) in [6, 6.07) is 3.00. The molecule has 1 aliphatic carbocycles. The third-order valence-electron chi connectivity index (χ3n) is 2.81. The number of esters is 1. The highest BCUT2D eigenvalue weighted by Crippen LogP contribution is 2.36. The second-order valence-electron chi connectivity index (χ2n) is 4.62. The van der Waals surface area contributed by atoms with E-state index in [2.05, 4.69) is 5.32 Å². The van der Waals surface area contributed by atoms with Gasteiger partial charge in [0.1, 0.15) is 0 Å². The molecule has 1 aromatic carbocycles. The van der Waals surface area contributed by atoms with E-state index >= 15 is 0 Å². The Bertz CT molecular complexity index is 570.